The van der Waals surface area contributed by atoms with Gasteiger partial charge in [-0.3, -0.25) is 0 Å². The first kappa shape index (κ1) is 15.6. The standard InChI is InChI=1S/C13H10N6O4/c1-23-13(22)9-3-2-7(12(20)21)4-10(9)15-6-8(5-14)11-16-18-19-17-11/h2-4,6,15H,1H3,(H,20,21)(H,16,17,18,19). The van der Waals surface area contributed by atoms with Crippen LogP contribution in [0.15, 0.2) is 24.4 Å². The van der Waals surface area contributed by atoms with Crippen molar-refractivity contribution in [3.63, 3.8) is 0 Å². The Balaban J connectivity index is 2.40. The lowest BCUT2D eigenvalue weighted by Gasteiger charge is -2.09. The molecule has 0 amide bonds. The van der Waals surface area contributed by atoms with Crippen molar-refractivity contribution >= 4 is 23.2 Å². The van der Waals surface area contributed by atoms with Crippen LogP contribution in [0.2, 0.25) is 0 Å². The molecule has 0 bridgehead atoms. The molecule has 2 rings (SSSR count). The molecule has 0 saturated heterocycles. The third-order valence-electron chi connectivity index (χ3n) is 2.75. The van der Waals surface area contributed by atoms with Crippen LogP contribution in [0, 0.1) is 11.3 Å². The number of benzene rings is 1. The number of carbonyl (C=O) groups is 2. The molecule has 1 heterocycles. The fourth-order valence-electron chi connectivity index (χ4n) is 1.66. The van der Waals surface area contributed by atoms with Crippen LogP contribution in [0.3, 0.4) is 0 Å². The van der Waals surface area contributed by atoms with E-state index < -0.39 is 11.9 Å². The number of ether oxygens (including phenoxy) is 1. The largest absolute Gasteiger partial charge is 0.478 e. The summed E-state index contributed by atoms with van der Waals surface area (Å²) < 4.78 is 4.63. The van der Waals surface area contributed by atoms with Crippen molar-refractivity contribution in [2.75, 3.05) is 12.4 Å². The number of carbonyl (C=O) groups excluding carboxylic acids is 1. The number of anilines is 1. The molecule has 0 aliphatic heterocycles. The first-order valence-electron chi connectivity index (χ1n) is 6.13. The summed E-state index contributed by atoms with van der Waals surface area (Å²) in [6, 6.07) is 5.69. The number of esters is 1. The maximum atomic E-state index is 11.7. The molecule has 10 heteroatoms. The summed E-state index contributed by atoms with van der Waals surface area (Å²) in [5, 5.41) is 33.6. The van der Waals surface area contributed by atoms with Gasteiger partial charge in [-0.2, -0.15) is 10.5 Å². The number of nitrogens with one attached hydrogen (secondary N) is 2. The highest BCUT2D eigenvalue weighted by Crippen LogP contribution is 2.20. The van der Waals surface area contributed by atoms with Crippen LogP contribution in [0.1, 0.15) is 26.5 Å². The summed E-state index contributed by atoms with van der Waals surface area (Å²) in [6.45, 7) is 0. The van der Waals surface area contributed by atoms with Gasteiger partial charge in [-0.05, 0) is 23.4 Å². The van der Waals surface area contributed by atoms with Crippen LogP contribution in [-0.2, 0) is 4.74 Å². The van der Waals surface area contributed by atoms with E-state index in [2.05, 4.69) is 30.7 Å². The lowest BCUT2D eigenvalue weighted by atomic mass is 10.1. The van der Waals surface area contributed by atoms with Gasteiger partial charge in [0.1, 0.15) is 11.6 Å². The lowest BCUT2D eigenvalue weighted by Crippen LogP contribution is -2.08. The monoisotopic (exact) mass is 314 g/mol. The number of tetrazole rings is 1. The number of hydrogen-bond acceptors (Lipinski definition) is 8. The molecule has 10 nitrogen and oxygen atoms in total. The van der Waals surface area contributed by atoms with Crippen molar-refractivity contribution in [3.8, 4) is 6.07 Å². The molecule has 0 radical (unpaired) electrons. The van der Waals surface area contributed by atoms with E-state index in [0.29, 0.717) is 0 Å². The van der Waals surface area contributed by atoms with Crippen LogP contribution in [0.5, 0.6) is 0 Å². The van der Waals surface area contributed by atoms with Crippen molar-refractivity contribution in [1.29, 1.82) is 5.26 Å². The number of aromatic carboxylic acids is 1. The van der Waals surface area contributed by atoms with E-state index in [0.717, 1.165) is 0 Å². The van der Waals surface area contributed by atoms with Gasteiger partial charge in [-0.1, -0.05) is 0 Å². The minimum Gasteiger partial charge on any atom is -0.478 e. The summed E-state index contributed by atoms with van der Waals surface area (Å²) in [6.07, 6.45) is 1.23. The number of nitriles is 1. The topological polar surface area (TPSA) is 154 Å². The lowest BCUT2D eigenvalue weighted by molar-refractivity contribution is 0.0599. The molecule has 23 heavy (non-hydrogen) atoms. The first-order valence-corrected chi connectivity index (χ1v) is 6.13. The number of carboxylic acid groups (broad SMARTS) is 1. The Morgan fingerprint density at radius 2 is 2.26 bits per heavy atom. The van der Waals surface area contributed by atoms with Gasteiger partial charge in [0.2, 0.25) is 5.82 Å². The Kier molecular flexibility index (Phi) is 4.63. The van der Waals surface area contributed by atoms with Gasteiger partial charge in [0.15, 0.2) is 0 Å². The SMILES string of the molecule is COC(=O)c1ccc(C(=O)O)cc1NC=C(C#N)c1nn[nH]n1. The van der Waals surface area contributed by atoms with Gasteiger partial charge < -0.3 is 15.2 Å². The second kappa shape index (κ2) is 6.81. The van der Waals surface area contributed by atoms with Gasteiger partial charge in [0.05, 0.1) is 23.9 Å². The fraction of sp³-hybridized carbons (Fsp3) is 0.0769. The summed E-state index contributed by atoms with van der Waals surface area (Å²) in [4.78, 5) is 22.8. The number of aromatic nitrogens is 4. The van der Waals surface area contributed by atoms with E-state index in [4.69, 9.17) is 10.4 Å². The van der Waals surface area contributed by atoms with Crippen molar-refractivity contribution in [2.24, 2.45) is 0 Å². The second-order valence-electron chi connectivity index (χ2n) is 4.11. The molecule has 3 N–H and O–H groups in total. The van der Waals surface area contributed by atoms with E-state index in [-0.39, 0.29) is 28.2 Å². The van der Waals surface area contributed by atoms with Crippen molar-refractivity contribution in [2.45, 2.75) is 0 Å². The van der Waals surface area contributed by atoms with Crippen LogP contribution < -0.4 is 5.32 Å². The number of aromatic amines is 1. The predicted octanol–water partition coefficient (Wildman–Crippen LogP) is 0.661. The van der Waals surface area contributed by atoms with Gasteiger partial charge >= 0.3 is 11.9 Å². The molecule has 2 aromatic rings. The molecule has 0 atom stereocenters. The zero-order chi connectivity index (χ0) is 16.8. The molecular formula is C13H10N6O4. The molecule has 0 aliphatic rings. The molecule has 116 valence electrons. The van der Waals surface area contributed by atoms with Gasteiger partial charge in [-0.15, -0.1) is 10.2 Å². The predicted molar refractivity (Wildman–Crippen MR) is 76.1 cm³/mol. The normalized spacial score (nSPS) is 10.7. The highest BCUT2D eigenvalue weighted by Gasteiger charge is 2.15. The number of nitrogens with zero attached hydrogens (tertiary/aromatic N) is 4. The van der Waals surface area contributed by atoms with E-state index >= 15 is 0 Å². The zero-order valence-electron chi connectivity index (χ0n) is 11.8. The van der Waals surface area contributed by atoms with Crippen LogP contribution in [-0.4, -0.2) is 44.8 Å². The third kappa shape index (κ3) is 3.48. The van der Waals surface area contributed by atoms with E-state index in [1.165, 1.54) is 31.5 Å². The molecule has 0 fully saturated rings. The number of carboxylic acids is 1. The Morgan fingerprint density at radius 3 is 2.83 bits per heavy atom. The fourth-order valence-corrected chi connectivity index (χ4v) is 1.66. The number of rotatable bonds is 5. The first-order chi connectivity index (χ1) is 11.1. The maximum absolute atomic E-state index is 11.7. The van der Waals surface area contributed by atoms with Gasteiger partial charge in [0, 0.05) is 6.20 Å². The van der Waals surface area contributed by atoms with Crippen LogP contribution in [0.4, 0.5) is 5.69 Å². The smallest absolute Gasteiger partial charge is 0.339 e. The average molecular weight is 314 g/mol. The summed E-state index contributed by atoms with van der Waals surface area (Å²) >= 11 is 0. The third-order valence-corrected chi connectivity index (χ3v) is 2.75. The minimum atomic E-state index is -1.16. The summed E-state index contributed by atoms with van der Waals surface area (Å²) in [7, 11) is 1.20. The number of methoxy groups -OCH3 is 1. The summed E-state index contributed by atoms with van der Waals surface area (Å²) in [5.74, 6) is -1.77. The number of H-pyrrole nitrogens is 1. The van der Waals surface area contributed by atoms with Gasteiger partial charge in [0.25, 0.3) is 0 Å². The second-order valence-corrected chi connectivity index (χ2v) is 4.11. The highest BCUT2D eigenvalue weighted by molar-refractivity contribution is 5.99. The maximum Gasteiger partial charge on any atom is 0.339 e. The van der Waals surface area contributed by atoms with Crippen molar-refractivity contribution in [1.82, 2.24) is 20.6 Å². The Labute approximate surface area is 129 Å². The molecule has 0 spiro atoms. The van der Waals surface area contributed by atoms with Crippen molar-refractivity contribution in [3.05, 3.63) is 41.4 Å². The Bertz CT molecular complexity index is 806. The highest BCUT2D eigenvalue weighted by atomic mass is 16.5. The molecular weight excluding hydrogens is 304 g/mol. The molecule has 1 aromatic heterocycles. The van der Waals surface area contributed by atoms with Gasteiger partial charge in [-0.25, -0.2) is 9.59 Å². The van der Waals surface area contributed by atoms with Crippen molar-refractivity contribution < 1.29 is 19.4 Å². The number of allylic oxidation sites excluding steroid dienone is 1. The average Bonchev–Trinajstić information content (AvgIpc) is 3.09. The van der Waals surface area contributed by atoms with E-state index in [1.54, 1.807) is 0 Å². The van der Waals surface area contributed by atoms with Crippen LogP contribution in [0.25, 0.3) is 5.57 Å². The molecule has 0 aliphatic carbocycles. The zero-order valence-corrected chi connectivity index (χ0v) is 11.8. The Hall–Kier alpha value is -3.74. The molecule has 0 unspecified atom stereocenters. The number of hydrogen-bond donors (Lipinski definition) is 3. The Morgan fingerprint density at radius 1 is 1.48 bits per heavy atom. The molecule has 1 aromatic carbocycles. The minimum absolute atomic E-state index is 0.0355. The van der Waals surface area contributed by atoms with E-state index in [9.17, 15) is 9.59 Å². The molecule has 0 saturated carbocycles. The summed E-state index contributed by atoms with van der Waals surface area (Å²) in [5.41, 5.74) is 0.272. The quantitative estimate of drug-likeness (QED) is 0.533. The van der Waals surface area contributed by atoms with Crippen LogP contribution >= 0.6 is 0 Å². The van der Waals surface area contributed by atoms with E-state index in [1.807, 2.05) is 6.07 Å².